The van der Waals surface area contributed by atoms with Crippen molar-refractivity contribution in [3.05, 3.63) is 24.4 Å². The molecule has 0 unspecified atom stereocenters. The summed E-state index contributed by atoms with van der Waals surface area (Å²) in [5.41, 5.74) is 0.992. The molecule has 1 rings (SSSR count). The molecular formula is C8H11NO. The fourth-order valence-electron chi connectivity index (χ4n) is 0.960. The first-order valence-electron chi connectivity index (χ1n) is 3.42. The maximum atomic E-state index is 10.8. The van der Waals surface area contributed by atoms with Gasteiger partial charge in [-0.1, -0.05) is 12.2 Å². The van der Waals surface area contributed by atoms with Crippen LogP contribution in [0.25, 0.3) is 0 Å². The van der Waals surface area contributed by atoms with Gasteiger partial charge in [-0.25, -0.2) is 0 Å². The van der Waals surface area contributed by atoms with E-state index in [4.69, 9.17) is 0 Å². The van der Waals surface area contributed by atoms with E-state index in [1.807, 2.05) is 6.08 Å². The Kier molecular flexibility index (Phi) is 2.26. The van der Waals surface area contributed by atoms with Crippen molar-refractivity contribution in [3.63, 3.8) is 0 Å². The van der Waals surface area contributed by atoms with Gasteiger partial charge in [0.25, 0.3) is 0 Å². The Labute approximate surface area is 60.6 Å². The number of amides is 1. The fourth-order valence-corrected chi connectivity index (χ4v) is 0.960. The molecule has 2 nitrogen and oxygen atoms in total. The smallest absolute Gasteiger partial charge is 0.224 e. The third-order valence-corrected chi connectivity index (χ3v) is 1.43. The van der Waals surface area contributed by atoms with Crippen LogP contribution in [0.5, 0.6) is 0 Å². The zero-order valence-corrected chi connectivity index (χ0v) is 5.89. The molecule has 0 aliphatic carbocycles. The van der Waals surface area contributed by atoms with E-state index in [1.165, 1.54) is 0 Å². The molecule has 0 fully saturated rings. The molecule has 0 aromatic heterocycles. The van der Waals surface area contributed by atoms with Crippen molar-refractivity contribution < 1.29 is 4.79 Å². The predicted molar refractivity (Wildman–Crippen MR) is 40.3 cm³/mol. The van der Waals surface area contributed by atoms with Crippen LogP contribution in [0.1, 0.15) is 19.3 Å². The van der Waals surface area contributed by atoms with E-state index in [2.05, 4.69) is 11.9 Å². The van der Waals surface area contributed by atoms with Crippen molar-refractivity contribution in [1.82, 2.24) is 5.32 Å². The Morgan fingerprint density at radius 1 is 1.80 bits per heavy atom. The Balaban J connectivity index is 2.50. The molecule has 0 aromatic carbocycles. The summed E-state index contributed by atoms with van der Waals surface area (Å²) < 4.78 is 0. The second-order valence-electron chi connectivity index (χ2n) is 2.31. The number of carbonyl (C=O) groups excluding carboxylic acids is 1. The van der Waals surface area contributed by atoms with Gasteiger partial charge in [-0.2, -0.15) is 0 Å². The lowest BCUT2D eigenvalue weighted by Gasteiger charge is -2.11. The van der Waals surface area contributed by atoms with E-state index in [0.29, 0.717) is 6.42 Å². The molecular weight excluding hydrogens is 126 g/mol. The van der Waals surface area contributed by atoms with Crippen molar-refractivity contribution >= 4 is 5.91 Å². The maximum Gasteiger partial charge on any atom is 0.224 e. The van der Waals surface area contributed by atoms with Gasteiger partial charge in [0.2, 0.25) is 5.91 Å². The molecule has 0 spiro atoms. The average molecular weight is 137 g/mol. The van der Waals surface area contributed by atoms with E-state index in [0.717, 1.165) is 18.5 Å². The minimum Gasteiger partial charge on any atom is -0.330 e. The molecule has 1 aliphatic heterocycles. The minimum absolute atomic E-state index is 0.124. The first-order valence-corrected chi connectivity index (χ1v) is 3.42. The van der Waals surface area contributed by atoms with E-state index in [1.54, 1.807) is 6.08 Å². The number of carbonyl (C=O) groups is 1. The molecule has 1 amide bonds. The monoisotopic (exact) mass is 137 g/mol. The molecule has 1 N–H and O–H groups in total. The summed E-state index contributed by atoms with van der Waals surface area (Å²) in [6.07, 6.45) is 6.10. The normalized spacial score (nSPS) is 17.6. The molecule has 54 valence electrons. The lowest BCUT2D eigenvalue weighted by molar-refractivity contribution is -0.120. The molecule has 1 aliphatic rings. The number of hydrogen-bond acceptors (Lipinski definition) is 1. The van der Waals surface area contributed by atoms with Gasteiger partial charge < -0.3 is 5.32 Å². The largest absolute Gasteiger partial charge is 0.330 e. The standard InChI is InChI=1S/C8H11NO/c1-2-4-7-5-3-6-8(10)9-7/h2,5H,1,3-4,6H2,(H,9,10). The quantitative estimate of drug-likeness (QED) is 0.572. The third kappa shape index (κ3) is 1.72. The van der Waals surface area contributed by atoms with Crippen LogP contribution in [0.15, 0.2) is 24.4 Å². The topological polar surface area (TPSA) is 29.1 Å². The second kappa shape index (κ2) is 3.20. The van der Waals surface area contributed by atoms with E-state index in [-0.39, 0.29) is 5.91 Å². The summed E-state index contributed by atoms with van der Waals surface area (Å²) in [4.78, 5) is 10.8. The van der Waals surface area contributed by atoms with Gasteiger partial charge >= 0.3 is 0 Å². The highest BCUT2D eigenvalue weighted by Crippen LogP contribution is 2.07. The summed E-state index contributed by atoms with van der Waals surface area (Å²) in [5, 5.41) is 2.77. The summed E-state index contributed by atoms with van der Waals surface area (Å²) in [7, 11) is 0. The number of allylic oxidation sites excluding steroid dienone is 2. The maximum absolute atomic E-state index is 10.8. The van der Waals surface area contributed by atoms with Crippen molar-refractivity contribution in [1.29, 1.82) is 0 Å². The van der Waals surface area contributed by atoms with Crippen LogP contribution in [0.2, 0.25) is 0 Å². The lowest BCUT2D eigenvalue weighted by Crippen LogP contribution is -2.25. The van der Waals surface area contributed by atoms with Crippen LogP contribution in [-0.4, -0.2) is 5.91 Å². The number of rotatable bonds is 2. The van der Waals surface area contributed by atoms with E-state index < -0.39 is 0 Å². The molecule has 10 heavy (non-hydrogen) atoms. The Bertz CT molecular complexity index is 182. The van der Waals surface area contributed by atoms with Crippen molar-refractivity contribution in [2.75, 3.05) is 0 Å². The zero-order valence-electron chi connectivity index (χ0n) is 5.89. The van der Waals surface area contributed by atoms with Crippen molar-refractivity contribution in [2.24, 2.45) is 0 Å². The van der Waals surface area contributed by atoms with Gasteiger partial charge in [0.15, 0.2) is 0 Å². The molecule has 0 bridgehead atoms. The first kappa shape index (κ1) is 7.06. The van der Waals surface area contributed by atoms with Crippen molar-refractivity contribution in [2.45, 2.75) is 19.3 Å². The third-order valence-electron chi connectivity index (χ3n) is 1.43. The molecule has 0 atom stereocenters. The van der Waals surface area contributed by atoms with Gasteiger partial charge in [0, 0.05) is 18.5 Å². The Morgan fingerprint density at radius 2 is 2.60 bits per heavy atom. The SMILES string of the molecule is C=CCC1=CCCC(=O)N1. The predicted octanol–water partition coefficient (Wildman–Crippen LogP) is 1.36. The summed E-state index contributed by atoms with van der Waals surface area (Å²) in [6.45, 7) is 3.59. The summed E-state index contributed by atoms with van der Waals surface area (Å²) >= 11 is 0. The highest BCUT2D eigenvalue weighted by atomic mass is 16.1. The van der Waals surface area contributed by atoms with Gasteiger partial charge in [-0.05, 0) is 6.42 Å². The molecule has 2 heteroatoms. The summed E-state index contributed by atoms with van der Waals surface area (Å²) in [5.74, 6) is 0.124. The molecule has 1 heterocycles. The number of hydrogen-bond donors (Lipinski definition) is 1. The van der Waals surface area contributed by atoms with Gasteiger partial charge in [-0.15, -0.1) is 6.58 Å². The molecule has 0 saturated heterocycles. The van der Waals surface area contributed by atoms with Gasteiger partial charge in [0.05, 0.1) is 0 Å². The van der Waals surface area contributed by atoms with Gasteiger partial charge in [-0.3, -0.25) is 4.79 Å². The highest BCUT2D eigenvalue weighted by molar-refractivity contribution is 5.79. The highest BCUT2D eigenvalue weighted by Gasteiger charge is 2.07. The van der Waals surface area contributed by atoms with Crippen LogP contribution in [0.3, 0.4) is 0 Å². The van der Waals surface area contributed by atoms with Crippen LogP contribution in [0.4, 0.5) is 0 Å². The minimum atomic E-state index is 0.124. The lowest BCUT2D eigenvalue weighted by atomic mass is 10.1. The second-order valence-corrected chi connectivity index (χ2v) is 2.31. The van der Waals surface area contributed by atoms with Crippen LogP contribution >= 0.6 is 0 Å². The zero-order chi connectivity index (χ0) is 7.40. The van der Waals surface area contributed by atoms with E-state index >= 15 is 0 Å². The van der Waals surface area contributed by atoms with Gasteiger partial charge in [0.1, 0.15) is 0 Å². The first-order chi connectivity index (χ1) is 4.83. The average Bonchev–Trinajstić information content (AvgIpc) is 1.88. The van der Waals surface area contributed by atoms with Crippen LogP contribution < -0.4 is 5.32 Å². The molecule has 0 saturated carbocycles. The Morgan fingerprint density at radius 3 is 3.20 bits per heavy atom. The number of nitrogens with one attached hydrogen (secondary N) is 1. The van der Waals surface area contributed by atoms with E-state index in [9.17, 15) is 4.79 Å². The van der Waals surface area contributed by atoms with Crippen molar-refractivity contribution in [3.8, 4) is 0 Å². The Hall–Kier alpha value is -1.05. The molecule has 0 radical (unpaired) electrons. The fraction of sp³-hybridized carbons (Fsp3) is 0.375. The van der Waals surface area contributed by atoms with Crippen LogP contribution in [0, 0.1) is 0 Å². The molecule has 0 aromatic rings. The summed E-state index contributed by atoms with van der Waals surface area (Å²) in [6, 6.07) is 0. The van der Waals surface area contributed by atoms with Crippen LogP contribution in [-0.2, 0) is 4.79 Å².